The molecule has 0 atom stereocenters. The quantitative estimate of drug-likeness (QED) is 0.322. The van der Waals surface area contributed by atoms with Gasteiger partial charge in [0.15, 0.2) is 8.07 Å². The standard InChI is InChI=1S/C20H16S4Si/c1-9-5-13-17(21-9)18-14(6-10(2)22-18)25(13)15-7-11(3)23-19(15)20-16(25)8-12(4)24-20/h5-8H,1-4H3. The van der Waals surface area contributed by atoms with E-state index in [2.05, 4.69) is 52.0 Å². The molecule has 6 heterocycles. The van der Waals surface area contributed by atoms with Crippen molar-refractivity contribution < 1.29 is 0 Å². The maximum absolute atomic E-state index is 2.52. The fourth-order valence-corrected chi connectivity index (χ4v) is 17.3. The average Bonchev–Trinajstić information content (AvgIpc) is 3.30. The monoisotopic (exact) mass is 412 g/mol. The van der Waals surface area contributed by atoms with Gasteiger partial charge in [0.1, 0.15) is 0 Å². The topological polar surface area (TPSA) is 0 Å². The molecule has 2 aliphatic heterocycles. The van der Waals surface area contributed by atoms with Crippen LogP contribution in [-0.4, -0.2) is 8.07 Å². The van der Waals surface area contributed by atoms with Crippen LogP contribution in [0.5, 0.6) is 0 Å². The minimum atomic E-state index is -2.03. The van der Waals surface area contributed by atoms with Crippen LogP contribution in [-0.2, 0) is 0 Å². The van der Waals surface area contributed by atoms with E-state index in [1.165, 1.54) is 19.5 Å². The van der Waals surface area contributed by atoms with Gasteiger partial charge in [0, 0.05) is 39.0 Å². The average molecular weight is 413 g/mol. The van der Waals surface area contributed by atoms with Gasteiger partial charge in [-0.05, 0) is 72.7 Å². The Morgan fingerprint density at radius 3 is 0.960 bits per heavy atom. The van der Waals surface area contributed by atoms with Crippen molar-refractivity contribution in [1.29, 1.82) is 0 Å². The van der Waals surface area contributed by atoms with Crippen molar-refractivity contribution in [1.82, 2.24) is 0 Å². The number of hydrogen-bond acceptors (Lipinski definition) is 4. The largest absolute Gasteiger partial charge is 0.185 e. The van der Waals surface area contributed by atoms with Crippen LogP contribution in [0.25, 0.3) is 19.5 Å². The smallest absolute Gasteiger partial charge is 0.140 e. The van der Waals surface area contributed by atoms with Gasteiger partial charge in [-0.15, -0.1) is 45.3 Å². The lowest BCUT2D eigenvalue weighted by molar-refractivity contribution is 1.63. The fraction of sp³-hybridized carbons (Fsp3) is 0.200. The van der Waals surface area contributed by atoms with Crippen molar-refractivity contribution in [3.63, 3.8) is 0 Å². The van der Waals surface area contributed by atoms with Crippen LogP contribution in [0.3, 0.4) is 0 Å². The third kappa shape index (κ3) is 1.63. The number of fused-ring (bicyclic) bond motifs is 10. The van der Waals surface area contributed by atoms with Crippen molar-refractivity contribution in [2.45, 2.75) is 27.7 Å². The number of rotatable bonds is 0. The lowest BCUT2D eigenvalue weighted by atomic mass is 10.3. The summed E-state index contributed by atoms with van der Waals surface area (Å²) in [5.74, 6) is 0. The molecule has 0 N–H and O–H groups in total. The van der Waals surface area contributed by atoms with Gasteiger partial charge in [-0.25, -0.2) is 0 Å². The van der Waals surface area contributed by atoms with E-state index in [0.717, 1.165) is 0 Å². The summed E-state index contributed by atoms with van der Waals surface area (Å²) in [4.78, 5) is 12.1. The second-order valence-electron chi connectivity index (χ2n) is 7.15. The zero-order valence-electron chi connectivity index (χ0n) is 14.4. The molecule has 0 unspecified atom stereocenters. The summed E-state index contributed by atoms with van der Waals surface area (Å²) < 4.78 is 0. The van der Waals surface area contributed by atoms with E-state index in [1.807, 2.05) is 45.3 Å². The van der Waals surface area contributed by atoms with Crippen molar-refractivity contribution in [2.24, 2.45) is 0 Å². The molecule has 0 saturated carbocycles. The molecule has 1 spiro atoms. The van der Waals surface area contributed by atoms with Gasteiger partial charge in [0.2, 0.25) is 0 Å². The second kappa shape index (κ2) is 4.64. The predicted molar refractivity (Wildman–Crippen MR) is 119 cm³/mol. The van der Waals surface area contributed by atoms with Crippen molar-refractivity contribution in [3.05, 3.63) is 43.8 Å². The van der Waals surface area contributed by atoms with Crippen LogP contribution in [0.1, 0.15) is 19.5 Å². The molecule has 0 aromatic carbocycles. The van der Waals surface area contributed by atoms with E-state index in [-0.39, 0.29) is 0 Å². The van der Waals surface area contributed by atoms with Gasteiger partial charge < -0.3 is 0 Å². The van der Waals surface area contributed by atoms with Crippen LogP contribution in [0.2, 0.25) is 0 Å². The molecule has 124 valence electrons. The molecule has 0 bridgehead atoms. The summed E-state index contributed by atoms with van der Waals surface area (Å²) >= 11 is 8.03. The minimum Gasteiger partial charge on any atom is -0.140 e. The molecule has 0 amide bonds. The molecule has 0 fully saturated rings. The van der Waals surface area contributed by atoms with Crippen LogP contribution >= 0.6 is 45.3 Å². The highest BCUT2D eigenvalue weighted by Crippen LogP contribution is 2.45. The maximum Gasteiger partial charge on any atom is 0.185 e. The van der Waals surface area contributed by atoms with Crippen molar-refractivity contribution in [3.8, 4) is 19.5 Å². The van der Waals surface area contributed by atoms with E-state index in [1.54, 1.807) is 40.3 Å². The Kier molecular flexibility index (Phi) is 2.81. The van der Waals surface area contributed by atoms with Gasteiger partial charge in [-0.3, -0.25) is 0 Å². The van der Waals surface area contributed by atoms with Gasteiger partial charge >= 0.3 is 0 Å². The normalized spacial score (nSPS) is 15.5. The molecule has 0 saturated heterocycles. The third-order valence-electron chi connectivity index (χ3n) is 5.45. The number of hydrogen-bond donors (Lipinski definition) is 0. The molecule has 4 aromatic heterocycles. The zero-order chi connectivity index (χ0) is 17.1. The highest BCUT2D eigenvalue weighted by atomic mass is 32.1. The first-order valence-corrected chi connectivity index (χ1v) is 13.7. The zero-order valence-corrected chi connectivity index (χ0v) is 18.7. The molecule has 0 aliphatic carbocycles. The third-order valence-corrected chi connectivity index (χ3v) is 15.5. The van der Waals surface area contributed by atoms with Gasteiger partial charge in [-0.1, -0.05) is 0 Å². The van der Waals surface area contributed by atoms with E-state index in [0.29, 0.717) is 0 Å². The highest BCUT2D eigenvalue weighted by molar-refractivity contribution is 7.39. The van der Waals surface area contributed by atoms with Crippen molar-refractivity contribution >= 4 is 74.2 Å². The highest BCUT2D eigenvalue weighted by Gasteiger charge is 2.57. The molecule has 0 nitrogen and oxygen atoms in total. The molecule has 2 aliphatic rings. The SMILES string of the molecule is Cc1cc2c(s1)-c1sc(C)cc1[Si]21c2cc(C)sc2-c2sc(C)cc21. The number of aryl methyl sites for hydroxylation is 4. The van der Waals surface area contributed by atoms with E-state index in [4.69, 9.17) is 0 Å². The lowest BCUT2D eigenvalue weighted by Gasteiger charge is -2.24. The molecule has 5 heteroatoms. The van der Waals surface area contributed by atoms with E-state index in [9.17, 15) is 0 Å². The van der Waals surface area contributed by atoms with Gasteiger partial charge in [-0.2, -0.15) is 0 Å². The maximum atomic E-state index is 2.52. The van der Waals surface area contributed by atoms with Crippen LogP contribution < -0.4 is 20.7 Å². The summed E-state index contributed by atoms with van der Waals surface area (Å²) in [7, 11) is -2.03. The summed E-state index contributed by atoms with van der Waals surface area (Å²) in [5, 5.41) is 6.69. The first-order chi connectivity index (χ1) is 12.0. The molecule has 4 aromatic rings. The first kappa shape index (κ1) is 15.1. The Morgan fingerprint density at radius 2 is 0.720 bits per heavy atom. The molecular formula is C20H16S4Si. The van der Waals surface area contributed by atoms with Crippen LogP contribution in [0, 0.1) is 27.7 Å². The molecule has 6 rings (SSSR count). The van der Waals surface area contributed by atoms with Crippen molar-refractivity contribution in [2.75, 3.05) is 0 Å². The van der Waals surface area contributed by atoms with Crippen LogP contribution in [0.4, 0.5) is 0 Å². The predicted octanol–water partition coefficient (Wildman–Crippen LogP) is 4.50. The minimum absolute atomic E-state index is 1.46. The lowest BCUT2D eigenvalue weighted by Crippen LogP contribution is -2.70. The fourth-order valence-electron chi connectivity index (χ4n) is 4.72. The van der Waals surface area contributed by atoms with Gasteiger partial charge in [0.25, 0.3) is 0 Å². The summed E-state index contributed by atoms with van der Waals surface area (Å²) in [6, 6.07) is 10.1. The summed E-state index contributed by atoms with van der Waals surface area (Å²) in [6.07, 6.45) is 0. The second-order valence-corrected chi connectivity index (χ2v) is 15.8. The summed E-state index contributed by atoms with van der Waals surface area (Å²) in [6.45, 7) is 9.11. The summed E-state index contributed by atoms with van der Waals surface area (Å²) in [5.41, 5.74) is 0. The first-order valence-electron chi connectivity index (χ1n) is 8.44. The van der Waals surface area contributed by atoms with E-state index >= 15 is 0 Å². The molecular weight excluding hydrogens is 397 g/mol. The van der Waals surface area contributed by atoms with Gasteiger partial charge in [0.05, 0.1) is 0 Å². The molecule has 25 heavy (non-hydrogen) atoms. The van der Waals surface area contributed by atoms with Crippen LogP contribution in [0.15, 0.2) is 24.3 Å². The Bertz CT molecular complexity index is 1010. The Hall–Kier alpha value is -0.983. The molecule has 0 radical (unpaired) electrons. The van der Waals surface area contributed by atoms with E-state index < -0.39 is 8.07 Å². The Labute approximate surface area is 164 Å². The number of thiophene rings is 4. The Balaban J connectivity index is 1.86. The Morgan fingerprint density at radius 1 is 0.480 bits per heavy atom.